The van der Waals surface area contributed by atoms with Crippen molar-refractivity contribution in [3.05, 3.63) is 71.0 Å². The number of urea groups is 1. The van der Waals surface area contributed by atoms with Gasteiger partial charge in [-0.25, -0.2) is 9.78 Å². The quantitative estimate of drug-likeness (QED) is 0.674. The van der Waals surface area contributed by atoms with Crippen LogP contribution in [0.4, 0.5) is 15.6 Å². The molecule has 1 N–H and O–H groups in total. The number of amides is 2. The maximum Gasteiger partial charge on any atom is 0.322 e. The van der Waals surface area contributed by atoms with Crippen LogP contribution < -0.4 is 10.2 Å². The first-order valence-electron chi connectivity index (χ1n) is 10.3. The Morgan fingerprint density at radius 2 is 1.73 bits per heavy atom. The van der Waals surface area contributed by atoms with E-state index in [-0.39, 0.29) is 12.1 Å². The Labute approximate surface area is 181 Å². The number of carbonyl (C=O) groups excluding carboxylic acids is 1. The van der Waals surface area contributed by atoms with Crippen LogP contribution in [0.2, 0.25) is 0 Å². The normalized spacial score (nSPS) is 16.6. The molecule has 1 atom stereocenters. The molecule has 2 heterocycles. The minimum atomic E-state index is -0.0525. The molecule has 0 radical (unpaired) electrons. The lowest BCUT2D eigenvalue weighted by Gasteiger charge is -2.39. The molecule has 6 nitrogen and oxygen atoms in total. The van der Waals surface area contributed by atoms with Gasteiger partial charge in [-0.2, -0.15) is 4.37 Å². The molecule has 1 saturated heterocycles. The molecule has 7 heteroatoms. The standard InChI is InChI=1S/C23H27N5OS/c1-16-4-8-19(9-5-16)14-21-25-23(30-26-21)27-12-13-28(18(3)15-27)22(29)24-20-10-6-17(2)7-11-20/h4-11,18H,12-15H2,1-3H3,(H,24,29). The Hall–Kier alpha value is -2.93. The van der Waals surface area contributed by atoms with Crippen molar-refractivity contribution in [1.82, 2.24) is 14.3 Å². The Morgan fingerprint density at radius 3 is 2.40 bits per heavy atom. The predicted molar refractivity (Wildman–Crippen MR) is 122 cm³/mol. The molecule has 1 fully saturated rings. The molecule has 30 heavy (non-hydrogen) atoms. The molecule has 1 aliphatic heterocycles. The van der Waals surface area contributed by atoms with Crippen molar-refractivity contribution in [3.8, 4) is 0 Å². The van der Waals surface area contributed by atoms with Gasteiger partial charge < -0.3 is 15.1 Å². The molecule has 0 spiro atoms. The van der Waals surface area contributed by atoms with E-state index in [1.807, 2.05) is 36.1 Å². The summed E-state index contributed by atoms with van der Waals surface area (Å²) in [4.78, 5) is 21.6. The number of nitrogens with one attached hydrogen (secondary N) is 1. The van der Waals surface area contributed by atoms with Gasteiger partial charge in [-0.3, -0.25) is 0 Å². The minimum Gasteiger partial charge on any atom is -0.343 e. The van der Waals surface area contributed by atoms with Crippen LogP contribution in [0.25, 0.3) is 0 Å². The van der Waals surface area contributed by atoms with E-state index < -0.39 is 0 Å². The number of benzene rings is 2. The molecule has 0 aliphatic carbocycles. The van der Waals surface area contributed by atoms with E-state index in [4.69, 9.17) is 4.98 Å². The van der Waals surface area contributed by atoms with Crippen LogP contribution in [0.1, 0.15) is 29.4 Å². The van der Waals surface area contributed by atoms with Gasteiger partial charge in [-0.05, 0) is 38.5 Å². The van der Waals surface area contributed by atoms with E-state index in [1.165, 1.54) is 28.2 Å². The van der Waals surface area contributed by atoms with E-state index in [0.29, 0.717) is 6.54 Å². The fraction of sp³-hybridized carbons (Fsp3) is 0.348. The first kappa shape index (κ1) is 20.3. The second-order valence-corrected chi connectivity index (χ2v) is 8.67. The highest BCUT2D eigenvalue weighted by Crippen LogP contribution is 2.23. The molecule has 0 saturated carbocycles. The van der Waals surface area contributed by atoms with Crippen molar-refractivity contribution >= 4 is 28.4 Å². The monoisotopic (exact) mass is 421 g/mol. The first-order chi connectivity index (χ1) is 14.5. The highest BCUT2D eigenvalue weighted by molar-refractivity contribution is 7.09. The third kappa shape index (κ3) is 4.79. The van der Waals surface area contributed by atoms with Gasteiger partial charge in [0.25, 0.3) is 0 Å². The number of hydrogen-bond acceptors (Lipinski definition) is 5. The SMILES string of the molecule is Cc1ccc(Cc2nsc(N3CCN(C(=O)Nc4ccc(C)cc4)C(C)C3)n2)cc1. The number of aromatic nitrogens is 2. The number of aryl methyl sites for hydroxylation is 2. The van der Waals surface area contributed by atoms with Crippen LogP contribution in [0, 0.1) is 13.8 Å². The van der Waals surface area contributed by atoms with Crippen LogP contribution in [-0.2, 0) is 6.42 Å². The highest BCUT2D eigenvalue weighted by Gasteiger charge is 2.29. The third-order valence-electron chi connectivity index (χ3n) is 5.40. The van der Waals surface area contributed by atoms with E-state index in [2.05, 4.69) is 52.7 Å². The number of piperazine rings is 1. The van der Waals surface area contributed by atoms with Gasteiger partial charge >= 0.3 is 6.03 Å². The summed E-state index contributed by atoms with van der Waals surface area (Å²) in [5.41, 5.74) is 4.47. The van der Waals surface area contributed by atoms with Gasteiger partial charge in [-0.1, -0.05) is 47.5 Å². The lowest BCUT2D eigenvalue weighted by atomic mass is 10.1. The van der Waals surface area contributed by atoms with Crippen molar-refractivity contribution in [1.29, 1.82) is 0 Å². The van der Waals surface area contributed by atoms with Gasteiger partial charge in [0.1, 0.15) is 5.82 Å². The number of nitrogens with zero attached hydrogens (tertiary/aromatic N) is 4. The van der Waals surface area contributed by atoms with Gasteiger partial charge in [0.15, 0.2) is 0 Å². The van der Waals surface area contributed by atoms with Crippen molar-refractivity contribution in [3.63, 3.8) is 0 Å². The summed E-state index contributed by atoms with van der Waals surface area (Å²) in [6.45, 7) is 8.36. The average Bonchev–Trinajstić information content (AvgIpc) is 3.20. The van der Waals surface area contributed by atoms with Gasteiger partial charge in [0.05, 0.1) is 0 Å². The summed E-state index contributed by atoms with van der Waals surface area (Å²) >= 11 is 1.44. The highest BCUT2D eigenvalue weighted by atomic mass is 32.1. The van der Waals surface area contributed by atoms with E-state index in [1.54, 1.807) is 0 Å². The summed E-state index contributed by atoms with van der Waals surface area (Å²) < 4.78 is 4.55. The zero-order chi connectivity index (χ0) is 21.1. The van der Waals surface area contributed by atoms with Crippen LogP contribution in [0.5, 0.6) is 0 Å². The van der Waals surface area contributed by atoms with E-state index >= 15 is 0 Å². The predicted octanol–water partition coefficient (Wildman–Crippen LogP) is 4.49. The first-order valence-corrected chi connectivity index (χ1v) is 11.0. The average molecular weight is 422 g/mol. The summed E-state index contributed by atoms with van der Waals surface area (Å²) in [5.74, 6) is 0.853. The third-order valence-corrected chi connectivity index (χ3v) is 6.22. The maximum atomic E-state index is 12.7. The van der Waals surface area contributed by atoms with Crippen LogP contribution >= 0.6 is 11.5 Å². The van der Waals surface area contributed by atoms with Gasteiger partial charge in [0.2, 0.25) is 5.13 Å². The summed E-state index contributed by atoms with van der Waals surface area (Å²) in [6, 6.07) is 16.4. The largest absolute Gasteiger partial charge is 0.343 e. The van der Waals surface area contributed by atoms with Crippen molar-refractivity contribution in [2.24, 2.45) is 0 Å². The molecule has 3 aromatic rings. The zero-order valence-corrected chi connectivity index (χ0v) is 18.4. The number of hydrogen-bond donors (Lipinski definition) is 1. The number of carbonyl (C=O) groups is 1. The lowest BCUT2D eigenvalue weighted by molar-refractivity contribution is 0.185. The van der Waals surface area contributed by atoms with Crippen molar-refractivity contribution in [2.45, 2.75) is 33.2 Å². The molecular formula is C23H27N5OS. The van der Waals surface area contributed by atoms with Crippen LogP contribution in [0.15, 0.2) is 48.5 Å². The van der Waals surface area contributed by atoms with E-state index in [0.717, 1.165) is 36.2 Å². The molecule has 4 rings (SSSR count). The fourth-order valence-corrected chi connectivity index (χ4v) is 4.32. The summed E-state index contributed by atoms with van der Waals surface area (Å²) in [7, 11) is 0. The zero-order valence-electron chi connectivity index (χ0n) is 17.6. The Balaban J connectivity index is 1.35. The Morgan fingerprint density at radius 1 is 1.07 bits per heavy atom. The Bertz CT molecular complexity index is 999. The fourth-order valence-electron chi connectivity index (χ4n) is 3.60. The van der Waals surface area contributed by atoms with Crippen molar-refractivity contribution < 1.29 is 4.79 Å². The second-order valence-electron chi connectivity index (χ2n) is 7.94. The summed E-state index contributed by atoms with van der Waals surface area (Å²) in [6.07, 6.45) is 0.741. The molecule has 1 aromatic heterocycles. The maximum absolute atomic E-state index is 12.7. The molecule has 156 valence electrons. The molecule has 2 amide bonds. The molecule has 1 aliphatic rings. The summed E-state index contributed by atoms with van der Waals surface area (Å²) in [5, 5.41) is 3.94. The van der Waals surface area contributed by atoms with Gasteiger partial charge in [0, 0.05) is 49.3 Å². The molecule has 1 unspecified atom stereocenters. The van der Waals surface area contributed by atoms with Crippen LogP contribution in [-0.4, -0.2) is 46.0 Å². The molecule has 0 bridgehead atoms. The Kier molecular flexibility index (Phi) is 5.99. The second kappa shape index (κ2) is 8.83. The topological polar surface area (TPSA) is 61.4 Å². The number of rotatable bonds is 4. The molecule has 2 aromatic carbocycles. The van der Waals surface area contributed by atoms with Gasteiger partial charge in [-0.15, -0.1) is 0 Å². The molecular weight excluding hydrogens is 394 g/mol. The smallest absolute Gasteiger partial charge is 0.322 e. The number of anilines is 2. The van der Waals surface area contributed by atoms with Crippen LogP contribution in [0.3, 0.4) is 0 Å². The minimum absolute atomic E-state index is 0.0525. The van der Waals surface area contributed by atoms with E-state index in [9.17, 15) is 4.79 Å². The van der Waals surface area contributed by atoms with Crippen molar-refractivity contribution in [2.75, 3.05) is 29.9 Å². The lowest BCUT2D eigenvalue weighted by Crippen LogP contribution is -2.55.